The van der Waals surface area contributed by atoms with Gasteiger partial charge < -0.3 is 5.32 Å². The molecular formula is C12H16Br2N2O. The lowest BCUT2D eigenvalue weighted by Gasteiger charge is -2.30. The van der Waals surface area contributed by atoms with Crippen LogP contribution in [-0.2, 0) is 0 Å². The summed E-state index contributed by atoms with van der Waals surface area (Å²) in [6.45, 7) is 3.98. The van der Waals surface area contributed by atoms with E-state index in [9.17, 15) is 4.79 Å². The minimum Gasteiger partial charge on any atom is -0.345 e. The Morgan fingerprint density at radius 2 is 2.06 bits per heavy atom. The van der Waals surface area contributed by atoms with Crippen molar-refractivity contribution in [2.45, 2.75) is 25.8 Å². The lowest BCUT2D eigenvalue weighted by atomic mass is 10.0. The van der Waals surface area contributed by atoms with Crippen molar-refractivity contribution in [1.29, 1.82) is 0 Å². The van der Waals surface area contributed by atoms with Gasteiger partial charge in [0.05, 0.1) is 11.1 Å². The third-order valence-corrected chi connectivity index (χ3v) is 4.85. The summed E-state index contributed by atoms with van der Waals surface area (Å²) in [4.78, 5) is 16.1. The molecule has 0 spiro atoms. The van der Waals surface area contributed by atoms with Gasteiger partial charge in [0.15, 0.2) is 0 Å². The third kappa shape index (κ3) is 3.78. The average molecular weight is 364 g/mol. The molecule has 0 bridgehead atoms. The minimum absolute atomic E-state index is 0.0815. The maximum Gasteiger partial charge on any atom is 0.253 e. The van der Waals surface area contributed by atoms with Gasteiger partial charge in [0.25, 0.3) is 5.91 Å². The van der Waals surface area contributed by atoms with Gasteiger partial charge in [0.1, 0.15) is 0 Å². The largest absolute Gasteiger partial charge is 0.345 e. The fourth-order valence-corrected chi connectivity index (χ4v) is 3.37. The average Bonchev–Trinajstić information content (AvgIpc) is 2.36. The van der Waals surface area contributed by atoms with Crippen LogP contribution >= 0.6 is 31.9 Å². The Morgan fingerprint density at radius 3 is 2.53 bits per heavy atom. The second kappa shape index (κ2) is 6.50. The van der Waals surface area contributed by atoms with Crippen molar-refractivity contribution in [3.63, 3.8) is 0 Å². The summed E-state index contributed by atoms with van der Waals surface area (Å²) in [5.74, 6) is -0.0815. The third-order valence-electron chi connectivity index (χ3n) is 2.70. The van der Waals surface area contributed by atoms with Crippen molar-refractivity contribution in [1.82, 2.24) is 10.3 Å². The topological polar surface area (TPSA) is 42.0 Å². The van der Waals surface area contributed by atoms with Crippen LogP contribution in [0.15, 0.2) is 18.5 Å². The van der Waals surface area contributed by atoms with E-state index >= 15 is 0 Å². The summed E-state index contributed by atoms with van der Waals surface area (Å²) in [5.41, 5.74) is 1.34. The van der Waals surface area contributed by atoms with E-state index in [0.29, 0.717) is 16.2 Å². The Labute approximate surface area is 119 Å². The molecule has 5 heteroatoms. The van der Waals surface area contributed by atoms with Gasteiger partial charge >= 0.3 is 0 Å². The quantitative estimate of drug-likeness (QED) is 0.817. The summed E-state index contributed by atoms with van der Waals surface area (Å²) in [5, 5.41) is 4.48. The van der Waals surface area contributed by atoms with E-state index in [1.807, 2.05) is 13.0 Å². The summed E-state index contributed by atoms with van der Waals surface area (Å²) >= 11 is 6.90. The predicted molar refractivity (Wildman–Crippen MR) is 77.1 cm³/mol. The molecule has 1 amide bonds. The van der Waals surface area contributed by atoms with Crippen LogP contribution in [0.1, 0.15) is 29.3 Å². The summed E-state index contributed by atoms with van der Waals surface area (Å²) < 4.78 is 0. The maximum atomic E-state index is 12.1. The van der Waals surface area contributed by atoms with Gasteiger partial charge in [-0.1, -0.05) is 38.8 Å². The number of nitrogens with zero attached hydrogens (tertiary/aromatic N) is 1. The van der Waals surface area contributed by atoms with Crippen LogP contribution in [0.25, 0.3) is 0 Å². The van der Waals surface area contributed by atoms with Crippen molar-refractivity contribution in [3.05, 3.63) is 29.6 Å². The molecular weight excluding hydrogens is 348 g/mol. The Hall–Kier alpha value is -0.420. The first-order valence-electron chi connectivity index (χ1n) is 5.43. The van der Waals surface area contributed by atoms with Gasteiger partial charge in [-0.2, -0.15) is 0 Å². The maximum absolute atomic E-state index is 12.1. The van der Waals surface area contributed by atoms with Crippen molar-refractivity contribution in [2.75, 3.05) is 10.7 Å². The highest BCUT2D eigenvalue weighted by Crippen LogP contribution is 2.17. The van der Waals surface area contributed by atoms with Gasteiger partial charge in [0.2, 0.25) is 0 Å². The van der Waals surface area contributed by atoms with E-state index in [0.717, 1.165) is 12.0 Å². The summed E-state index contributed by atoms with van der Waals surface area (Å²) in [6, 6.07) is 1.84. The highest BCUT2D eigenvalue weighted by atomic mass is 79.9. The number of hydrogen-bond acceptors (Lipinski definition) is 2. The Morgan fingerprint density at radius 1 is 1.41 bits per heavy atom. The molecule has 0 atom stereocenters. The van der Waals surface area contributed by atoms with Crippen LogP contribution in [0.2, 0.25) is 0 Å². The molecule has 0 radical (unpaired) electrons. The molecule has 0 aliphatic rings. The number of pyridine rings is 1. The van der Waals surface area contributed by atoms with E-state index in [1.54, 1.807) is 12.4 Å². The van der Waals surface area contributed by atoms with Crippen molar-refractivity contribution in [2.24, 2.45) is 0 Å². The van der Waals surface area contributed by atoms with Gasteiger partial charge in [-0.3, -0.25) is 9.78 Å². The predicted octanol–water partition coefficient (Wildman–Crippen LogP) is 3.06. The molecule has 1 aromatic rings. The number of rotatable bonds is 5. The second-order valence-electron chi connectivity index (χ2n) is 4.11. The van der Waals surface area contributed by atoms with Gasteiger partial charge in [0, 0.05) is 23.1 Å². The molecule has 17 heavy (non-hydrogen) atoms. The monoisotopic (exact) mass is 362 g/mol. The van der Waals surface area contributed by atoms with Crippen LogP contribution in [0, 0.1) is 6.92 Å². The van der Waals surface area contributed by atoms with Crippen LogP contribution in [0.5, 0.6) is 0 Å². The van der Waals surface area contributed by atoms with Crippen LogP contribution < -0.4 is 5.32 Å². The molecule has 0 saturated carbocycles. The first-order chi connectivity index (χ1) is 8.06. The molecule has 0 saturated heterocycles. The van der Waals surface area contributed by atoms with Crippen LogP contribution in [0.4, 0.5) is 0 Å². The fourth-order valence-electron chi connectivity index (χ4n) is 1.37. The SMILES string of the molecule is CCC(CBr)(CBr)NC(=O)c1cncc(C)c1. The second-order valence-corrected chi connectivity index (χ2v) is 5.23. The molecule has 0 unspecified atom stereocenters. The van der Waals surface area contributed by atoms with Gasteiger partial charge in [-0.05, 0) is 25.0 Å². The van der Waals surface area contributed by atoms with Gasteiger partial charge in [-0.15, -0.1) is 0 Å². The number of halogens is 2. The van der Waals surface area contributed by atoms with E-state index in [-0.39, 0.29) is 11.4 Å². The molecule has 1 heterocycles. The smallest absolute Gasteiger partial charge is 0.253 e. The number of aromatic nitrogens is 1. The lowest BCUT2D eigenvalue weighted by Crippen LogP contribution is -2.51. The van der Waals surface area contributed by atoms with Crippen LogP contribution in [-0.4, -0.2) is 27.1 Å². The van der Waals surface area contributed by atoms with E-state index in [2.05, 4.69) is 49.1 Å². The first-order valence-corrected chi connectivity index (χ1v) is 7.67. The van der Waals surface area contributed by atoms with Crippen LogP contribution in [0.3, 0.4) is 0 Å². The number of nitrogens with one attached hydrogen (secondary N) is 1. The molecule has 1 aromatic heterocycles. The Balaban J connectivity index is 2.84. The zero-order valence-electron chi connectivity index (χ0n) is 9.96. The van der Waals surface area contributed by atoms with Gasteiger partial charge in [-0.25, -0.2) is 0 Å². The summed E-state index contributed by atoms with van der Waals surface area (Å²) in [7, 11) is 0. The highest BCUT2D eigenvalue weighted by Gasteiger charge is 2.28. The van der Waals surface area contributed by atoms with Crippen molar-refractivity contribution < 1.29 is 4.79 Å². The molecule has 0 aromatic carbocycles. The zero-order chi connectivity index (χ0) is 12.9. The number of amides is 1. The Kier molecular flexibility index (Phi) is 5.59. The number of alkyl halides is 2. The molecule has 0 aliphatic heterocycles. The molecule has 0 aliphatic carbocycles. The summed E-state index contributed by atoms with van der Waals surface area (Å²) in [6.07, 6.45) is 4.18. The first kappa shape index (κ1) is 14.6. The normalized spacial score (nSPS) is 11.3. The molecule has 0 fully saturated rings. The highest BCUT2D eigenvalue weighted by molar-refractivity contribution is 9.09. The standard InChI is InChI=1S/C12H16Br2N2O/c1-3-12(7-13,8-14)16-11(17)10-4-9(2)5-15-6-10/h4-6H,3,7-8H2,1-2H3,(H,16,17). The molecule has 1 rings (SSSR count). The van der Waals surface area contributed by atoms with Crippen molar-refractivity contribution in [3.8, 4) is 0 Å². The minimum atomic E-state index is -0.249. The fraction of sp³-hybridized carbons (Fsp3) is 0.500. The number of carbonyl (C=O) groups excluding carboxylic acids is 1. The zero-order valence-corrected chi connectivity index (χ0v) is 13.1. The number of aryl methyl sites for hydroxylation is 1. The molecule has 94 valence electrons. The van der Waals surface area contributed by atoms with E-state index in [1.165, 1.54) is 0 Å². The van der Waals surface area contributed by atoms with E-state index in [4.69, 9.17) is 0 Å². The Bertz CT molecular complexity index is 384. The number of carbonyl (C=O) groups is 1. The van der Waals surface area contributed by atoms with E-state index < -0.39 is 0 Å². The van der Waals surface area contributed by atoms with Crippen molar-refractivity contribution >= 4 is 37.8 Å². The lowest BCUT2D eigenvalue weighted by molar-refractivity contribution is 0.0915. The molecule has 1 N–H and O–H groups in total. The number of hydrogen-bond donors (Lipinski definition) is 1. The molecule has 3 nitrogen and oxygen atoms in total.